The molecule has 0 rings (SSSR count). The zero-order valence-corrected chi connectivity index (χ0v) is 69.7. The molecule has 0 aliphatic heterocycles. The van der Waals surface area contributed by atoms with E-state index in [1.807, 2.05) is 0 Å². The van der Waals surface area contributed by atoms with Crippen molar-refractivity contribution in [2.75, 3.05) is 39.6 Å². The minimum Gasteiger partial charge on any atom is -0.462 e. The van der Waals surface area contributed by atoms with Crippen LogP contribution in [0.15, 0.2) is 0 Å². The summed E-state index contributed by atoms with van der Waals surface area (Å²) in [6, 6.07) is 0. The van der Waals surface area contributed by atoms with Gasteiger partial charge in [0.05, 0.1) is 26.4 Å². The first kappa shape index (κ1) is 101. The predicted octanol–water partition coefficient (Wildman–Crippen LogP) is 25.2. The Bertz CT molecular complexity index is 2010. The second-order valence-corrected chi connectivity index (χ2v) is 34.8. The molecule has 0 aliphatic rings. The molecule has 612 valence electrons. The van der Waals surface area contributed by atoms with Crippen LogP contribution in [0.4, 0.5) is 0 Å². The van der Waals surface area contributed by atoms with Gasteiger partial charge in [-0.1, -0.05) is 383 Å². The van der Waals surface area contributed by atoms with Crippen LogP contribution in [0, 0.1) is 23.7 Å². The normalized spacial score (nSPS) is 14.2. The second-order valence-electron chi connectivity index (χ2n) is 31.9. The average Bonchev–Trinajstić information content (AvgIpc) is 0.935. The highest BCUT2D eigenvalue weighted by Gasteiger charge is 2.30. The summed E-state index contributed by atoms with van der Waals surface area (Å²) in [5, 5.41) is 10.7. The van der Waals surface area contributed by atoms with E-state index in [1.165, 1.54) is 238 Å². The first-order valence-electron chi connectivity index (χ1n) is 43.2. The minimum absolute atomic E-state index is 0.106. The van der Waals surface area contributed by atoms with Crippen LogP contribution in [0.1, 0.15) is 434 Å². The molecule has 0 bridgehead atoms. The van der Waals surface area contributed by atoms with Crippen LogP contribution in [0.25, 0.3) is 0 Å². The summed E-state index contributed by atoms with van der Waals surface area (Å²) >= 11 is 0. The molecular formula is C84H164O17P2. The van der Waals surface area contributed by atoms with Crippen molar-refractivity contribution in [2.24, 2.45) is 23.7 Å². The first-order chi connectivity index (χ1) is 49.6. The summed E-state index contributed by atoms with van der Waals surface area (Å²) in [4.78, 5) is 73.2. The van der Waals surface area contributed by atoms with Crippen molar-refractivity contribution in [1.82, 2.24) is 0 Å². The number of carbonyl (C=O) groups is 4. The van der Waals surface area contributed by atoms with Crippen LogP contribution in [-0.4, -0.2) is 96.7 Å². The van der Waals surface area contributed by atoms with E-state index in [0.717, 1.165) is 114 Å². The van der Waals surface area contributed by atoms with Crippen molar-refractivity contribution < 1.29 is 80.2 Å². The van der Waals surface area contributed by atoms with Gasteiger partial charge in [0.25, 0.3) is 0 Å². The van der Waals surface area contributed by atoms with E-state index < -0.39 is 97.5 Å². The Hall–Kier alpha value is -1.94. The van der Waals surface area contributed by atoms with Gasteiger partial charge in [0, 0.05) is 25.7 Å². The van der Waals surface area contributed by atoms with Gasteiger partial charge in [-0.2, -0.15) is 0 Å². The van der Waals surface area contributed by atoms with Gasteiger partial charge >= 0.3 is 39.5 Å². The molecule has 0 aromatic heterocycles. The third-order valence-electron chi connectivity index (χ3n) is 19.9. The highest BCUT2D eigenvalue weighted by Crippen LogP contribution is 2.45. The van der Waals surface area contributed by atoms with E-state index in [4.69, 9.17) is 37.0 Å². The summed E-state index contributed by atoms with van der Waals surface area (Å²) in [6.07, 6.45) is 60.9. The van der Waals surface area contributed by atoms with Gasteiger partial charge in [0.1, 0.15) is 19.3 Å². The Morgan fingerprint density at radius 3 is 0.689 bits per heavy atom. The first-order valence-corrected chi connectivity index (χ1v) is 46.2. The number of carbonyl (C=O) groups excluding carboxylic acids is 4. The molecule has 0 spiro atoms. The zero-order chi connectivity index (χ0) is 76.0. The topological polar surface area (TPSA) is 237 Å². The fourth-order valence-electron chi connectivity index (χ4n) is 12.9. The third kappa shape index (κ3) is 76.6. The molecular weight excluding hydrogens is 1340 g/mol. The van der Waals surface area contributed by atoms with E-state index in [2.05, 4.69) is 55.4 Å². The predicted molar refractivity (Wildman–Crippen MR) is 423 cm³/mol. The standard InChI is InChI=1S/C84H164O17P2/c1-9-77(8)63-55-47-39-34-35-41-49-57-65-82(87)95-71-80(101-84(89)67-59-51-43-33-27-21-20-24-30-38-46-54-62-76(6)7)73-99-103(92,93)97-69-78(85)68-96-102(90,91)98-72-79(70-94-81(86)64-56-48-40-31-25-18-15-14-17-23-29-37-45-53-61-75(4)5)100-83(88)66-58-50-42-32-26-19-13-11-10-12-16-22-28-36-44-52-60-74(2)3/h74-80,85H,9-73H2,1-8H3,(H,90,91)(H,92,93)/t77?,78-,79-,80-/m1/s1. The van der Waals surface area contributed by atoms with Crippen molar-refractivity contribution in [2.45, 2.75) is 453 Å². The van der Waals surface area contributed by atoms with Crippen LogP contribution in [0.3, 0.4) is 0 Å². The van der Waals surface area contributed by atoms with Crippen LogP contribution in [-0.2, 0) is 65.4 Å². The Balaban J connectivity index is 5.27. The molecule has 0 radical (unpaired) electrons. The smallest absolute Gasteiger partial charge is 0.462 e. The molecule has 6 atom stereocenters. The maximum atomic E-state index is 13.1. The van der Waals surface area contributed by atoms with E-state index in [0.29, 0.717) is 25.7 Å². The van der Waals surface area contributed by atoms with E-state index in [9.17, 15) is 43.2 Å². The van der Waals surface area contributed by atoms with Gasteiger partial charge in [0.15, 0.2) is 12.2 Å². The van der Waals surface area contributed by atoms with Crippen LogP contribution < -0.4 is 0 Å². The fraction of sp³-hybridized carbons (Fsp3) is 0.952. The Morgan fingerprint density at radius 1 is 0.272 bits per heavy atom. The molecule has 17 nitrogen and oxygen atoms in total. The van der Waals surface area contributed by atoms with Crippen LogP contribution in [0.5, 0.6) is 0 Å². The molecule has 0 aromatic carbocycles. The molecule has 3 unspecified atom stereocenters. The number of esters is 4. The maximum absolute atomic E-state index is 13.1. The van der Waals surface area contributed by atoms with Gasteiger partial charge < -0.3 is 33.8 Å². The van der Waals surface area contributed by atoms with Crippen molar-refractivity contribution in [1.29, 1.82) is 0 Å². The molecule has 19 heteroatoms. The number of phosphoric acid groups is 2. The van der Waals surface area contributed by atoms with Crippen molar-refractivity contribution in [3.63, 3.8) is 0 Å². The number of rotatable bonds is 81. The number of phosphoric ester groups is 2. The number of unbranched alkanes of at least 4 members (excludes halogenated alkanes) is 46. The molecule has 0 saturated carbocycles. The lowest BCUT2D eigenvalue weighted by Crippen LogP contribution is -2.30. The molecule has 3 N–H and O–H groups in total. The average molecular weight is 1510 g/mol. The largest absolute Gasteiger partial charge is 0.472 e. The Kier molecular flexibility index (Phi) is 71.5. The van der Waals surface area contributed by atoms with Gasteiger partial charge in [-0.15, -0.1) is 0 Å². The fourth-order valence-corrected chi connectivity index (χ4v) is 14.5. The molecule has 0 amide bonds. The SMILES string of the molecule is CCC(C)CCCCCCCCCCC(=O)OC[C@H](COP(=O)(O)OC[C@H](O)COP(=O)(O)OC[C@@H](COC(=O)CCCCCCCCCCCCCCCCC(C)C)OC(=O)CCCCCCCCCCCCCCCCCCC(C)C)OC(=O)CCCCCCCCCCCCCCC(C)C. The maximum Gasteiger partial charge on any atom is 0.472 e. The molecule has 103 heavy (non-hydrogen) atoms. The van der Waals surface area contributed by atoms with Crippen molar-refractivity contribution in [3.8, 4) is 0 Å². The van der Waals surface area contributed by atoms with Crippen molar-refractivity contribution >= 4 is 39.5 Å². The summed E-state index contributed by atoms with van der Waals surface area (Å²) in [5.41, 5.74) is 0. The summed E-state index contributed by atoms with van der Waals surface area (Å²) in [5.74, 6) is 1.05. The van der Waals surface area contributed by atoms with Crippen LogP contribution in [0.2, 0.25) is 0 Å². The van der Waals surface area contributed by atoms with Gasteiger partial charge in [0.2, 0.25) is 0 Å². The number of hydrogen-bond acceptors (Lipinski definition) is 15. The van der Waals surface area contributed by atoms with Gasteiger partial charge in [-0.3, -0.25) is 37.3 Å². The van der Waals surface area contributed by atoms with E-state index in [1.54, 1.807) is 0 Å². The lowest BCUT2D eigenvalue weighted by molar-refractivity contribution is -0.161. The summed E-state index contributed by atoms with van der Waals surface area (Å²) < 4.78 is 68.9. The molecule has 0 aromatic rings. The number of hydrogen-bond donors (Lipinski definition) is 3. The number of aliphatic hydroxyl groups excluding tert-OH is 1. The quantitative estimate of drug-likeness (QED) is 0.0222. The van der Waals surface area contributed by atoms with Gasteiger partial charge in [-0.25, -0.2) is 9.13 Å². The van der Waals surface area contributed by atoms with Crippen molar-refractivity contribution in [3.05, 3.63) is 0 Å². The second kappa shape index (κ2) is 72.9. The van der Waals surface area contributed by atoms with E-state index in [-0.39, 0.29) is 25.7 Å². The lowest BCUT2D eigenvalue weighted by atomic mass is 9.99. The van der Waals surface area contributed by atoms with E-state index >= 15 is 0 Å². The zero-order valence-electron chi connectivity index (χ0n) is 68.0. The molecule has 0 saturated heterocycles. The highest BCUT2D eigenvalue weighted by molar-refractivity contribution is 7.47. The monoisotopic (exact) mass is 1510 g/mol. The lowest BCUT2D eigenvalue weighted by Gasteiger charge is -2.21. The van der Waals surface area contributed by atoms with Crippen LogP contribution >= 0.6 is 15.6 Å². The number of ether oxygens (including phenoxy) is 4. The molecule has 0 fully saturated rings. The third-order valence-corrected chi connectivity index (χ3v) is 21.8. The Morgan fingerprint density at radius 2 is 0.466 bits per heavy atom. The highest BCUT2D eigenvalue weighted by atomic mass is 31.2. The number of aliphatic hydroxyl groups is 1. The summed E-state index contributed by atoms with van der Waals surface area (Å²) in [6.45, 7) is 14.3. The Labute approximate surface area is 632 Å². The molecule has 0 heterocycles. The summed E-state index contributed by atoms with van der Waals surface area (Å²) in [7, 11) is -9.93. The van der Waals surface area contributed by atoms with Gasteiger partial charge in [-0.05, 0) is 49.4 Å². The molecule has 0 aliphatic carbocycles. The minimum atomic E-state index is -4.97.